The van der Waals surface area contributed by atoms with Crippen LogP contribution in [0, 0.1) is 11.7 Å². The second-order valence-corrected chi connectivity index (χ2v) is 10.1. The van der Waals surface area contributed by atoms with E-state index < -0.39 is 11.9 Å². The topological polar surface area (TPSA) is 67.9 Å². The molecule has 0 unspecified atom stereocenters. The molecule has 0 heterocycles. The van der Waals surface area contributed by atoms with Crippen LogP contribution in [-0.2, 0) is 29.0 Å². The molecule has 3 aromatic rings. The number of aryl methyl sites for hydroxylation is 1. The number of rotatable bonds is 15. The van der Waals surface area contributed by atoms with Crippen molar-refractivity contribution in [3.05, 3.63) is 95.3 Å². The van der Waals surface area contributed by atoms with Crippen LogP contribution in [0.2, 0.25) is 0 Å². The molecule has 0 fully saturated rings. The zero-order valence-corrected chi connectivity index (χ0v) is 24.0. The lowest BCUT2D eigenvalue weighted by Gasteiger charge is -2.32. The van der Waals surface area contributed by atoms with Crippen LogP contribution in [0.5, 0.6) is 11.5 Å². The van der Waals surface area contributed by atoms with Crippen molar-refractivity contribution in [1.29, 1.82) is 0 Å². The molecule has 0 radical (unpaired) electrons. The number of benzene rings is 3. The van der Waals surface area contributed by atoms with Crippen LogP contribution in [0.1, 0.15) is 50.8 Å². The van der Waals surface area contributed by atoms with E-state index in [1.165, 1.54) is 11.0 Å². The highest BCUT2D eigenvalue weighted by molar-refractivity contribution is 5.88. The molecule has 0 saturated heterocycles. The maximum Gasteiger partial charge on any atom is 0.243 e. The van der Waals surface area contributed by atoms with E-state index in [0.717, 1.165) is 11.1 Å². The summed E-state index contributed by atoms with van der Waals surface area (Å²) < 4.78 is 26.2. The monoisotopic (exact) mass is 548 g/mol. The average molecular weight is 549 g/mol. The normalized spacial score (nSPS) is 11.7. The number of carbonyl (C=O) groups excluding carboxylic acids is 2. The highest BCUT2D eigenvalue weighted by atomic mass is 19.1. The van der Waals surface area contributed by atoms with Crippen molar-refractivity contribution in [3.63, 3.8) is 0 Å². The highest BCUT2D eigenvalue weighted by Gasteiger charge is 2.30. The van der Waals surface area contributed by atoms with Crippen molar-refractivity contribution < 1.29 is 23.5 Å². The van der Waals surface area contributed by atoms with Crippen molar-refractivity contribution in [3.8, 4) is 11.5 Å². The Balaban J connectivity index is 1.90. The smallest absolute Gasteiger partial charge is 0.243 e. The van der Waals surface area contributed by atoms with Crippen LogP contribution >= 0.6 is 0 Å². The van der Waals surface area contributed by atoms with Crippen LogP contribution in [0.25, 0.3) is 0 Å². The van der Waals surface area contributed by atoms with Crippen LogP contribution in [0.4, 0.5) is 4.39 Å². The van der Waals surface area contributed by atoms with Gasteiger partial charge < -0.3 is 19.7 Å². The summed E-state index contributed by atoms with van der Waals surface area (Å²) in [5.74, 6) is 0.654. The summed E-state index contributed by atoms with van der Waals surface area (Å²) in [5.41, 5.74) is 2.20. The molecule has 2 amide bonds. The third-order valence-electron chi connectivity index (χ3n) is 6.49. The molecule has 3 aromatic carbocycles. The largest absolute Gasteiger partial charge is 0.490 e. The third kappa shape index (κ3) is 9.11. The van der Waals surface area contributed by atoms with Crippen molar-refractivity contribution in [2.75, 3.05) is 19.8 Å². The first-order valence-electron chi connectivity index (χ1n) is 14.0. The van der Waals surface area contributed by atoms with Crippen LogP contribution < -0.4 is 14.8 Å². The third-order valence-corrected chi connectivity index (χ3v) is 6.49. The van der Waals surface area contributed by atoms with E-state index in [4.69, 9.17) is 9.47 Å². The van der Waals surface area contributed by atoms with Gasteiger partial charge in [-0.25, -0.2) is 4.39 Å². The molecule has 7 heteroatoms. The van der Waals surface area contributed by atoms with Gasteiger partial charge in [0.05, 0.1) is 13.2 Å². The highest BCUT2D eigenvalue weighted by Crippen LogP contribution is 2.29. The molecule has 6 nitrogen and oxygen atoms in total. The molecule has 40 heavy (non-hydrogen) atoms. The Bertz CT molecular complexity index is 1230. The van der Waals surface area contributed by atoms with Crippen LogP contribution in [-0.4, -0.2) is 42.5 Å². The van der Waals surface area contributed by atoms with Crippen molar-refractivity contribution in [2.24, 2.45) is 5.92 Å². The van der Waals surface area contributed by atoms with E-state index in [1.807, 2.05) is 76.2 Å². The molecule has 0 aliphatic carbocycles. The van der Waals surface area contributed by atoms with Gasteiger partial charge in [0, 0.05) is 31.5 Å². The maximum atomic E-state index is 14.8. The van der Waals surface area contributed by atoms with Gasteiger partial charge in [-0.2, -0.15) is 0 Å². The van der Waals surface area contributed by atoms with Crippen LogP contribution in [0.15, 0.2) is 72.8 Å². The predicted molar refractivity (Wildman–Crippen MR) is 156 cm³/mol. The minimum absolute atomic E-state index is 0.00835. The Hall–Kier alpha value is -3.87. The second kappa shape index (κ2) is 15.7. The summed E-state index contributed by atoms with van der Waals surface area (Å²) in [5, 5.41) is 2.99. The van der Waals surface area contributed by atoms with Crippen molar-refractivity contribution in [1.82, 2.24) is 10.2 Å². The molecule has 0 aromatic heterocycles. The summed E-state index contributed by atoms with van der Waals surface area (Å²) in [7, 11) is 0. The Labute approximate surface area is 237 Å². The van der Waals surface area contributed by atoms with Gasteiger partial charge >= 0.3 is 0 Å². The molecule has 0 saturated carbocycles. The summed E-state index contributed by atoms with van der Waals surface area (Å²) >= 11 is 0. The molecular weight excluding hydrogens is 507 g/mol. The Morgan fingerprint density at radius 2 is 1.55 bits per heavy atom. The molecule has 0 spiro atoms. The molecule has 1 atom stereocenters. The first kappa shape index (κ1) is 30.7. The summed E-state index contributed by atoms with van der Waals surface area (Å²) in [4.78, 5) is 28.9. The van der Waals surface area contributed by atoms with E-state index in [1.54, 1.807) is 18.2 Å². The lowest BCUT2D eigenvalue weighted by atomic mass is 10.0. The van der Waals surface area contributed by atoms with Crippen molar-refractivity contribution in [2.45, 2.75) is 59.5 Å². The molecule has 0 bridgehead atoms. The Morgan fingerprint density at radius 3 is 2.23 bits per heavy atom. The van der Waals surface area contributed by atoms with E-state index in [2.05, 4.69) is 5.32 Å². The zero-order chi connectivity index (χ0) is 28.9. The van der Waals surface area contributed by atoms with E-state index in [-0.39, 0.29) is 30.7 Å². The number of carbonyl (C=O) groups is 2. The minimum atomic E-state index is -0.799. The molecule has 214 valence electrons. The standard InChI is InChI=1S/C33H41FN2O4/c1-5-39-30-18-16-26(21-31(30)40-6-2)17-19-32(37)36(23-27-14-10-11-15-28(27)34)29(33(38)35-22-24(3)4)20-25-12-8-7-9-13-25/h7-16,18,21,24,29H,5-6,17,19-20,22-23H2,1-4H3,(H,35,38)/t29-/m0/s1. The molecule has 3 rings (SSSR count). The number of halogens is 1. The average Bonchev–Trinajstić information content (AvgIpc) is 2.95. The van der Waals surface area contributed by atoms with Gasteiger partial charge in [-0.15, -0.1) is 0 Å². The fourth-order valence-corrected chi connectivity index (χ4v) is 4.43. The molecule has 0 aliphatic rings. The van der Waals surface area contributed by atoms with Crippen molar-refractivity contribution >= 4 is 11.8 Å². The van der Waals surface area contributed by atoms with Gasteiger partial charge in [0.25, 0.3) is 0 Å². The number of nitrogens with zero attached hydrogens (tertiary/aromatic N) is 1. The van der Waals surface area contributed by atoms with Crippen LogP contribution in [0.3, 0.4) is 0 Å². The predicted octanol–water partition coefficient (Wildman–Crippen LogP) is 5.97. The second-order valence-electron chi connectivity index (χ2n) is 10.1. The lowest BCUT2D eigenvalue weighted by molar-refractivity contribution is -0.141. The minimum Gasteiger partial charge on any atom is -0.490 e. The molecular formula is C33H41FN2O4. The molecule has 1 N–H and O–H groups in total. The summed E-state index contributed by atoms with van der Waals surface area (Å²) in [6, 6.07) is 20.8. The van der Waals surface area contributed by atoms with Gasteiger partial charge in [0.15, 0.2) is 11.5 Å². The number of nitrogens with one attached hydrogen (secondary N) is 1. The van der Waals surface area contributed by atoms with Gasteiger partial charge in [-0.3, -0.25) is 9.59 Å². The number of hydrogen-bond donors (Lipinski definition) is 1. The maximum absolute atomic E-state index is 14.8. The fraction of sp³-hybridized carbons (Fsp3) is 0.394. The quantitative estimate of drug-likeness (QED) is 0.254. The number of ether oxygens (including phenoxy) is 2. The van der Waals surface area contributed by atoms with E-state index in [0.29, 0.717) is 49.7 Å². The van der Waals surface area contributed by atoms with Gasteiger partial charge in [0.2, 0.25) is 11.8 Å². The van der Waals surface area contributed by atoms with E-state index >= 15 is 0 Å². The number of amides is 2. The van der Waals surface area contributed by atoms with E-state index in [9.17, 15) is 14.0 Å². The number of hydrogen-bond acceptors (Lipinski definition) is 4. The fourth-order valence-electron chi connectivity index (χ4n) is 4.43. The Morgan fingerprint density at radius 1 is 0.875 bits per heavy atom. The first-order chi connectivity index (χ1) is 19.3. The first-order valence-corrected chi connectivity index (χ1v) is 14.0. The Kier molecular flexibility index (Phi) is 12.0. The summed E-state index contributed by atoms with van der Waals surface area (Å²) in [6.07, 6.45) is 0.907. The molecule has 0 aliphatic heterocycles. The van der Waals surface area contributed by atoms with Gasteiger partial charge in [-0.05, 0) is 55.5 Å². The van der Waals surface area contributed by atoms with Gasteiger partial charge in [0.1, 0.15) is 11.9 Å². The lowest BCUT2D eigenvalue weighted by Crippen LogP contribution is -2.51. The zero-order valence-electron chi connectivity index (χ0n) is 24.0. The van der Waals surface area contributed by atoms with Gasteiger partial charge in [-0.1, -0.05) is 68.4 Å². The SMILES string of the molecule is CCOc1ccc(CCC(=O)N(Cc2ccccc2F)[C@@H](Cc2ccccc2)C(=O)NCC(C)C)cc1OCC. The summed E-state index contributed by atoms with van der Waals surface area (Å²) in [6.45, 7) is 9.34.